The van der Waals surface area contributed by atoms with E-state index >= 15 is 0 Å². The number of sulfonamides is 1. The second-order valence-corrected chi connectivity index (χ2v) is 9.37. The minimum Gasteiger partial charge on any atom is -0.293 e. The molecule has 7 nitrogen and oxygen atoms in total. The van der Waals surface area contributed by atoms with Crippen molar-refractivity contribution in [1.82, 2.24) is 24.4 Å². The van der Waals surface area contributed by atoms with Gasteiger partial charge in [0, 0.05) is 51.3 Å². The van der Waals surface area contributed by atoms with Crippen molar-refractivity contribution in [2.24, 2.45) is 5.92 Å². The zero-order valence-corrected chi connectivity index (χ0v) is 15.6. The Labute approximate surface area is 154 Å². The second kappa shape index (κ2) is 7.46. The summed E-state index contributed by atoms with van der Waals surface area (Å²) in [5.74, 6) is 0.356. The molecule has 0 bridgehead atoms. The van der Waals surface area contributed by atoms with Crippen molar-refractivity contribution in [2.45, 2.75) is 44.1 Å². The summed E-state index contributed by atoms with van der Waals surface area (Å²) in [7, 11) is -3.10. The van der Waals surface area contributed by atoms with E-state index in [2.05, 4.69) is 36.5 Å². The van der Waals surface area contributed by atoms with Crippen LogP contribution in [-0.2, 0) is 29.7 Å². The van der Waals surface area contributed by atoms with Crippen LogP contribution in [0.15, 0.2) is 36.8 Å². The molecule has 4 rings (SSSR count). The molecule has 140 valence electrons. The van der Waals surface area contributed by atoms with Crippen LogP contribution < -0.4 is 4.72 Å². The number of nitrogens with zero attached hydrogens (tertiary/aromatic N) is 4. The van der Waals surface area contributed by atoms with Crippen molar-refractivity contribution in [3.05, 3.63) is 48.0 Å². The van der Waals surface area contributed by atoms with E-state index in [1.165, 1.54) is 11.3 Å². The number of aromatic nitrogens is 3. The number of pyridine rings is 1. The average Bonchev–Trinajstić information content (AvgIpc) is 3.41. The predicted molar refractivity (Wildman–Crippen MR) is 98.6 cm³/mol. The molecule has 0 aromatic carbocycles. The van der Waals surface area contributed by atoms with E-state index in [9.17, 15) is 8.42 Å². The van der Waals surface area contributed by atoms with Crippen molar-refractivity contribution >= 4 is 10.0 Å². The lowest BCUT2D eigenvalue weighted by atomic mass is 10.1. The highest BCUT2D eigenvalue weighted by Gasteiger charge is 2.35. The van der Waals surface area contributed by atoms with Gasteiger partial charge < -0.3 is 0 Å². The van der Waals surface area contributed by atoms with Crippen LogP contribution in [0.5, 0.6) is 0 Å². The highest BCUT2D eigenvalue weighted by Crippen LogP contribution is 2.27. The second-order valence-electron chi connectivity index (χ2n) is 7.33. The van der Waals surface area contributed by atoms with E-state index in [0.29, 0.717) is 12.5 Å². The van der Waals surface area contributed by atoms with Gasteiger partial charge in [0.15, 0.2) is 0 Å². The maximum atomic E-state index is 12.0. The maximum Gasteiger partial charge on any atom is 0.214 e. The zero-order valence-electron chi connectivity index (χ0n) is 14.8. The summed E-state index contributed by atoms with van der Waals surface area (Å²) in [5, 5.41) is 4.29. The highest BCUT2D eigenvalue weighted by atomic mass is 32.2. The number of fused-ring (bicyclic) bond motifs is 1. The van der Waals surface area contributed by atoms with Crippen molar-refractivity contribution < 1.29 is 8.42 Å². The lowest BCUT2D eigenvalue weighted by Gasteiger charge is -2.24. The largest absolute Gasteiger partial charge is 0.293 e. The molecule has 0 spiro atoms. The van der Waals surface area contributed by atoms with Crippen LogP contribution in [0.4, 0.5) is 0 Å². The quantitative estimate of drug-likeness (QED) is 0.791. The lowest BCUT2D eigenvalue weighted by molar-refractivity contribution is 0.215. The van der Waals surface area contributed by atoms with Gasteiger partial charge in [-0.1, -0.05) is 6.07 Å². The van der Waals surface area contributed by atoms with Crippen molar-refractivity contribution in [3.63, 3.8) is 0 Å². The number of hydrogen-bond acceptors (Lipinski definition) is 5. The maximum absolute atomic E-state index is 12.0. The van der Waals surface area contributed by atoms with Gasteiger partial charge in [0.05, 0.1) is 10.9 Å². The SMILES string of the molecule is O=S(=O)(NCC[C@H]1CN(Cc2cccnc2)Cc2ccnn2C1)C1CC1. The summed E-state index contributed by atoms with van der Waals surface area (Å²) in [6, 6.07) is 6.12. The molecule has 0 amide bonds. The summed E-state index contributed by atoms with van der Waals surface area (Å²) in [4.78, 5) is 6.61. The fourth-order valence-electron chi connectivity index (χ4n) is 3.57. The first-order chi connectivity index (χ1) is 12.6. The van der Waals surface area contributed by atoms with Gasteiger partial charge in [-0.3, -0.25) is 14.6 Å². The molecule has 26 heavy (non-hydrogen) atoms. The average molecular weight is 375 g/mol. The minimum absolute atomic E-state index is 0.156. The monoisotopic (exact) mass is 375 g/mol. The molecule has 1 aliphatic carbocycles. The topological polar surface area (TPSA) is 80.1 Å². The van der Waals surface area contributed by atoms with Gasteiger partial charge >= 0.3 is 0 Å². The molecule has 2 aliphatic rings. The molecular formula is C18H25N5O2S. The van der Waals surface area contributed by atoms with Crippen molar-refractivity contribution in [2.75, 3.05) is 13.1 Å². The molecule has 3 heterocycles. The van der Waals surface area contributed by atoms with Gasteiger partial charge in [0.25, 0.3) is 0 Å². The molecule has 0 unspecified atom stereocenters. The zero-order chi connectivity index (χ0) is 18.0. The smallest absolute Gasteiger partial charge is 0.214 e. The molecule has 8 heteroatoms. The van der Waals surface area contributed by atoms with E-state index in [0.717, 1.165) is 45.4 Å². The molecule has 2 aromatic heterocycles. The summed E-state index contributed by atoms with van der Waals surface area (Å²) >= 11 is 0. The first-order valence-electron chi connectivity index (χ1n) is 9.20. The summed E-state index contributed by atoms with van der Waals surface area (Å²) in [6.45, 7) is 3.93. The third-order valence-electron chi connectivity index (χ3n) is 5.09. The fraction of sp³-hybridized carbons (Fsp3) is 0.556. The minimum atomic E-state index is -3.10. The van der Waals surface area contributed by atoms with Gasteiger partial charge in [-0.2, -0.15) is 5.10 Å². The van der Waals surface area contributed by atoms with Gasteiger partial charge in [-0.15, -0.1) is 0 Å². The van der Waals surface area contributed by atoms with Gasteiger partial charge in [-0.05, 0) is 42.9 Å². The van der Waals surface area contributed by atoms with E-state index in [1.54, 1.807) is 6.20 Å². The molecule has 1 fully saturated rings. The Hall–Kier alpha value is -1.77. The summed E-state index contributed by atoms with van der Waals surface area (Å²) in [6.07, 6.45) is 7.95. The van der Waals surface area contributed by atoms with Crippen LogP contribution in [0.1, 0.15) is 30.5 Å². The van der Waals surface area contributed by atoms with Crippen LogP contribution in [0, 0.1) is 5.92 Å². The number of rotatable bonds is 7. The van der Waals surface area contributed by atoms with Crippen LogP contribution in [0.25, 0.3) is 0 Å². The van der Waals surface area contributed by atoms with E-state index in [4.69, 9.17) is 0 Å². The number of nitrogens with one attached hydrogen (secondary N) is 1. The van der Waals surface area contributed by atoms with Crippen LogP contribution in [-0.4, -0.2) is 46.4 Å². The molecule has 0 saturated heterocycles. The van der Waals surface area contributed by atoms with Crippen LogP contribution in [0.3, 0.4) is 0 Å². The molecule has 1 N–H and O–H groups in total. The van der Waals surface area contributed by atoms with Crippen molar-refractivity contribution in [1.29, 1.82) is 0 Å². The Morgan fingerprint density at radius 1 is 1.19 bits per heavy atom. The Morgan fingerprint density at radius 3 is 2.85 bits per heavy atom. The van der Waals surface area contributed by atoms with E-state index in [-0.39, 0.29) is 5.25 Å². The third-order valence-corrected chi connectivity index (χ3v) is 7.04. The normalized spacial score (nSPS) is 21.3. The van der Waals surface area contributed by atoms with E-state index in [1.807, 2.05) is 18.5 Å². The predicted octanol–water partition coefficient (Wildman–Crippen LogP) is 1.38. The molecule has 1 atom stereocenters. The Kier molecular flexibility index (Phi) is 5.06. The third kappa shape index (κ3) is 4.31. The standard InChI is InChI=1S/C18H25N5O2S/c24-26(25,18-3-4-18)21-9-5-16-12-22(11-15-2-1-7-19-10-15)14-17-6-8-20-23(17)13-16/h1-2,6-8,10,16,18,21H,3-5,9,11-14H2/t16-/m0/s1. The number of hydrogen-bond donors (Lipinski definition) is 1. The summed E-state index contributed by atoms with van der Waals surface area (Å²) in [5.41, 5.74) is 2.39. The first kappa shape index (κ1) is 17.6. The van der Waals surface area contributed by atoms with Crippen LogP contribution in [0.2, 0.25) is 0 Å². The Bertz CT molecular complexity index is 832. The molecule has 0 radical (unpaired) electrons. The molecular weight excluding hydrogens is 350 g/mol. The lowest BCUT2D eigenvalue weighted by Crippen LogP contribution is -2.32. The van der Waals surface area contributed by atoms with Gasteiger partial charge in [0.1, 0.15) is 0 Å². The molecule has 1 aliphatic heterocycles. The first-order valence-corrected chi connectivity index (χ1v) is 10.8. The van der Waals surface area contributed by atoms with Gasteiger partial charge in [-0.25, -0.2) is 13.1 Å². The highest BCUT2D eigenvalue weighted by molar-refractivity contribution is 7.90. The fourth-order valence-corrected chi connectivity index (χ4v) is 4.97. The molecule has 2 aromatic rings. The van der Waals surface area contributed by atoms with Gasteiger partial charge in [0.2, 0.25) is 10.0 Å². The molecule has 1 saturated carbocycles. The summed E-state index contributed by atoms with van der Waals surface area (Å²) < 4.78 is 28.9. The Morgan fingerprint density at radius 2 is 2.08 bits per heavy atom. The van der Waals surface area contributed by atoms with E-state index < -0.39 is 10.0 Å². The van der Waals surface area contributed by atoms with Crippen molar-refractivity contribution in [3.8, 4) is 0 Å². The Balaban J connectivity index is 1.40. The van der Waals surface area contributed by atoms with Crippen LogP contribution >= 0.6 is 0 Å².